The van der Waals surface area contributed by atoms with E-state index >= 15 is 0 Å². The molecule has 6 heteroatoms. The van der Waals surface area contributed by atoms with Crippen LogP contribution in [0.1, 0.15) is 42.3 Å². The standard InChI is InChI=1S/C18H21NO4S/c1-18(2,3)15-7-9-16(10-8-15)24(22,23)19-12-13-5-4-6-14(11-13)17(20)21/h4-11,19H,12H2,1-3H3,(H,20,21). The van der Waals surface area contributed by atoms with Crippen molar-refractivity contribution in [1.29, 1.82) is 0 Å². The Morgan fingerprint density at radius 2 is 1.71 bits per heavy atom. The molecule has 5 nitrogen and oxygen atoms in total. The Morgan fingerprint density at radius 1 is 1.08 bits per heavy atom. The summed E-state index contributed by atoms with van der Waals surface area (Å²) in [4.78, 5) is 11.1. The van der Waals surface area contributed by atoms with Crippen molar-refractivity contribution in [3.05, 3.63) is 65.2 Å². The summed E-state index contributed by atoms with van der Waals surface area (Å²) in [6, 6.07) is 13.0. The normalized spacial score (nSPS) is 12.1. The third-order valence-corrected chi connectivity index (χ3v) is 5.09. The van der Waals surface area contributed by atoms with Crippen LogP contribution in [0.15, 0.2) is 53.4 Å². The molecule has 0 aliphatic heterocycles. The van der Waals surface area contributed by atoms with Gasteiger partial charge in [-0.15, -0.1) is 0 Å². The lowest BCUT2D eigenvalue weighted by atomic mass is 9.87. The number of aromatic carboxylic acids is 1. The maximum absolute atomic E-state index is 12.4. The van der Waals surface area contributed by atoms with Crippen molar-refractivity contribution < 1.29 is 18.3 Å². The summed E-state index contributed by atoms with van der Waals surface area (Å²) < 4.78 is 27.2. The monoisotopic (exact) mass is 347 g/mol. The molecule has 0 radical (unpaired) electrons. The largest absolute Gasteiger partial charge is 0.478 e. The van der Waals surface area contributed by atoms with Gasteiger partial charge in [0.05, 0.1) is 10.5 Å². The summed E-state index contributed by atoms with van der Waals surface area (Å²) in [5.41, 5.74) is 1.72. The number of sulfonamides is 1. The molecule has 0 saturated carbocycles. The van der Waals surface area contributed by atoms with E-state index < -0.39 is 16.0 Å². The third-order valence-electron chi connectivity index (χ3n) is 3.67. The highest BCUT2D eigenvalue weighted by molar-refractivity contribution is 7.89. The van der Waals surface area contributed by atoms with Gasteiger partial charge in [0.2, 0.25) is 10.0 Å². The van der Waals surface area contributed by atoms with E-state index in [4.69, 9.17) is 5.11 Å². The number of carbonyl (C=O) groups is 1. The highest BCUT2D eigenvalue weighted by Gasteiger charge is 2.17. The molecule has 0 aromatic heterocycles. The zero-order valence-corrected chi connectivity index (χ0v) is 14.7. The fourth-order valence-electron chi connectivity index (χ4n) is 2.21. The number of benzene rings is 2. The van der Waals surface area contributed by atoms with Gasteiger partial charge in [0.15, 0.2) is 0 Å². The molecule has 0 atom stereocenters. The molecule has 0 bridgehead atoms. The number of rotatable bonds is 5. The SMILES string of the molecule is CC(C)(C)c1ccc(S(=O)(=O)NCc2cccc(C(=O)O)c2)cc1. The molecule has 0 amide bonds. The average Bonchev–Trinajstić information content (AvgIpc) is 2.52. The fraction of sp³-hybridized carbons (Fsp3) is 0.278. The van der Waals surface area contributed by atoms with Gasteiger partial charge in [-0.2, -0.15) is 0 Å². The van der Waals surface area contributed by atoms with Crippen LogP contribution in [0.3, 0.4) is 0 Å². The molecule has 128 valence electrons. The molecule has 0 unspecified atom stereocenters. The van der Waals surface area contributed by atoms with E-state index in [-0.39, 0.29) is 22.4 Å². The molecule has 0 aliphatic rings. The van der Waals surface area contributed by atoms with Crippen molar-refractivity contribution in [3.63, 3.8) is 0 Å². The van der Waals surface area contributed by atoms with Crippen LogP contribution in [0.25, 0.3) is 0 Å². The molecule has 0 aliphatic carbocycles. The predicted octanol–water partition coefficient (Wildman–Crippen LogP) is 3.16. The molecule has 2 aromatic rings. The van der Waals surface area contributed by atoms with Gasteiger partial charge in [-0.25, -0.2) is 17.9 Å². The number of nitrogens with one attached hydrogen (secondary N) is 1. The summed E-state index contributed by atoms with van der Waals surface area (Å²) in [5, 5.41) is 8.97. The smallest absolute Gasteiger partial charge is 0.335 e. The van der Waals surface area contributed by atoms with Gasteiger partial charge < -0.3 is 5.11 Å². The Hall–Kier alpha value is -2.18. The summed E-state index contributed by atoms with van der Waals surface area (Å²) >= 11 is 0. The Morgan fingerprint density at radius 3 is 2.25 bits per heavy atom. The van der Waals surface area contributed by atoms with Crippen molar-refractivity contribution in [2.75, 3.05) is 0 Å². The minimum atomic E-state index is -3.65. The second kappa shape index (κ2) is 6.75. The van der Waals surface area contributed by atoms with E-state index in [0.717, 1.165) is 5.56 Å². The van der Waals surface area contributed by atoms with Gasteiger partial charge in [0.25, 0.3) is 0 Å². The zero-order valence-electron chi connectivity index (χ0n) is 13.9. The van der Waals surface area contributed by atoms with E-state index in [0.29, 0.717) is 5.56 Å². The van der Waals surface area contributed by atoms with E-state index in [1.54, 1.807) is 36.4 Å². The minimum Gasteiger partial charge on any atom is -0.478 e. The quantitative estimate of drug-likeness (QED) is 0.870. The van der Waals surface area contributed by atoms with E-state index in [9.17, 15) is 13.2 Å². The van der Waals surface area contributed by atoms with Crippen LogP contribution < -0.4 is 4.72 Å². The van der Waals surface area contributed by atoms with E-state index in [2.05, 4.69) is 25.5 Å². The molecule has 2 N–H and O–H groups in total. The van der Waals surface area contributed by atoms with Crippen molar-refractivity contribution in [1.82, 2.24) is 4.72 Å². The molecule has 0 saturated heterocycles. The Balaban J connectivity index is 2.14. The summed E-state index contributed by atoms with van der Waals surface area (Å²) in [6.07, 6.45) is 0. The van der Waals surface area contributed by atoms with Gasteiger partial charge in [0.1, 0.15) is 0 Å². The molecule has 2 rings (SSSR count). The first-order valence-electron chi connectivity index (χ1n) is 7.52. The van der Waals surface area contributed by atoms with E-state index in [1.807, 2.05) is 0 Å². The lowest BCUT2D eigenvalue weighted by Crippen LogP contribution is -2.23. The molecule has 0 spiro atoms. The van der Waals surface area contributed by atoms with Crippen molar-refractivity contribution in [3.8, 4) is 0 Å². The maximum atomic E-state index is 12.4. The van der Waals surface area contributed by atoms with Crippen LogP contribution in [0.5, 0.6) is 0 Å². The van der Waals surface area contributed by atoms with Crippen LogP contribution in [-0.2, 0) is 22.0 Å². The summed E-state index contributed by atoms with van der Waals surface area (Å²) in [6.45, 7) is 6.21. The van der Waals surface area contributed by atoms with Crippen LogP contribution in [-0.4, -0.2) is 19.5 Å². The molecule has 0 fully saturated rings. The first-order chi connectivity index (χ1) is 11.1. The van der Waals surface area contributed by atoms with Crippen LogP contribution in [0.4, 0.5) is 0 Å². The molecular weight excluding hydrogens is 326 g/mol. The Labute approximate surface area is 142 Å². The highest BCUT2D eigenvalue weighted by atomic mass is 32.2. The number of carboxylic acids is 1. The Kier molecular flexibility index (Phi) is 5.11. The van der Waals surface area contributed by atoms with Crippen molar-refractivity contribution in [2.45, 2.75) is 37.6 Å². The van der Waals surface area contributed by atoms with Gasteiger partial charge >= 0.3 is 5.97 Å². The number of hydrogen-bond donors (Lipinski definition) is 2. The number of carboxylic acid groups (broad SMARTS) is 1. The second-order valence-electron chi connectivity index (χ2n) is 6.60. The van der Waals surface area contributed by atoms with Crippen LogP contribution in [0, 0.1) is 0 Å². The minimum absolute atomic E-state index is 0.0322. The Bertz CT molecular complexity index is 834. The molecular formula is C18H21NO4S. The highest BCUT2D eigenvalue weighted by Crippen LogP contribution is 2.23. The van der Waals surface area contributed by atoms with Crippen LogP contribution in [0.2, 0.25) is 0 Å². The first kappa shape index (κ1) is 18.2. The average molecular weight is 347 g/mol. The first-order valence-corrected chi connectivity index (χ1v) is 9.00. The lowest BCUT2D eigenvalue weighted by Gasteiger charge is -2.19. The number of hydrogen-bond acceptors (Lipinski definition) is 3. The molecule has 0 heterocycles. The van der Waals surface area contributed by atoms with Crippen LogP contribution >= 0.6 is 0 Å². The van der Waals surface area contributed by atoms with Crippen molar-refractivity contribution >= 4 is 16.0 Å². The summed E-state index contributed by atoms with van der Waals surface area (Å²) in [7, 11) is -3.65. The van der Waals surface area contributed by atoms with Gasteiger partial charge in [0, 0.05) is 6.54 Å². The third kappa shape index (κ3) is 4.43. The predicted molar refractivity (Wildman–Crippen MR) is 92.6 cm³/mol. The fourth-order valence-corrected chi connectivity index (χ4v) is 3.23. The lowest BCUT2D eigenvalue weighted by molar-refractivity contribution is 0.0696. The van der Waals surface area contributed by atoms with Crippen molar-refractivity contribution in [2.24, 2.45) is 0 Å². The zero-order chi connectivity index (χ0) is 18.0. The molecule has 24 heavy (non-hydrogen) atoms. The maximum Gasteiger partial charge on any atom is 0.335 e. The van der Waals surface area contributed by atoms with Gasteiger partial charge in [-0.1, -0.05) is 45.0 Å². The van der Waals surface area contributed by atoms with Gasteiger partial charge in [-0.3, -0.25) is 0 Å². The van der Waals surface area contributed by atoms with E-state index in [1.165, 1.54) is 12.1 Å². The second-order valence-corrected chi connectivity index (χ2v) is 8.37. The van der Waals surface area contributed by atoms with Gasteiger partial charge in [-0.05, 0) is 40.8 Å². The summed E-state index contributed by atoms with van der Waals surface area (Å²) in [5.74, 6) is -1.04. The molecule has 2 aromatic carbocycles. The topological polar surface area (TPSA) is 83.5 Å².